The smallest absolute Gasteiger partial charge is 0.339 e. The van der Waals surface area contributed by atoms with E-state index in [4.69, 9.17) is 9.47 Å². The number of amides is 1. The van der Waals surface area contributed by atoms with Crippen LogP contribution in [0.25, 0.3) is 0 Å². The zero-order valence-electron chi connectivity index (χ0n) is 15.0. The summed E-state index contributed by atoms with van der Waals surface area (Å²) >= 11 is 0. The van der Waals surface area contributed by atoms with Gasteiger partial charge in [-0.05, 0) is 31.2 Å². The second-order valence-electron chi connectivity index (χ2n) is 5.48. The number of carbonyl (C=O) groups is 2. The van der Waals surface area contributed by atoms with Gasteiger partial charge < -0.3 is 20.1 Å². The van der Waals surface area contributed by atoms with E-state index in [1.54, 1.807) is 24.3 Å². The fourth-order valence-electron chi connectivity index (χ4n) is 2.29. The summed E-state index contributed by atoms with van der Waals surface area (Å²) < 4.78 is 10.3. The van der Waals surface area contributed by atoms with Gasteiger partial charge in [0.15, 0.2) is 6.10 Å². The SMILES string of the molecule is CNc1ccc(C(=O)O[C@H](C)C(=O)Nc2ccccc2OC)cc1[N+](=O)[O-]. The Labute approximate surface area is 155 Å². The predicted octanol–water partition coefficient (Wildman–Crippen LogP) is 2.83. The maximum absolute atomic E-state index is 12.3. The number of hydrogen-bond acceptors (Lipinski definition) is 7. The van der Waals surface area contributed by atoms with Gasteiger partial charge >= 0.3 is 5.97 Å². The fourth-order valence-corrected chi connectivity index (χ4v) is 2.29. The highest BCUT2D eigenvalue weighted by molar-refractivity contribution is 5.98. The van der Waals surface area contributed by atoms with Crippen LogP contribution in [0.2, 0.25) is 0 Å². The summed E-state index contributed by atoms with van der Waals surface area (Å²) in [5.74, 6) is -0.944. The highest BCUT2D eigenvalue weighted by Gasteiger charge is 2.22. The van der Waals surface area contributed by atoms with Crippen molar-refractivity contribution in [3.8, 4) is 5.75 Å². The number of ether oxygens (including phenoxy) is 2. The molecule has 0 aromatic heterocycles. The zero-order valence-corrected chi connectivity index (χ0v) is 15.0. The van der Waals surface area contributed by atoms with E-state index in [1.165, 1.54) is 33.2 Å². The summed E-state index contributed by atoms with van der Waals surface area (Å²) in [5, 5.41) is 16.4. The molecule has 0 aliphatic carbocycles. The first kappa shape index (κ1) is 19.7. The topological polar surface area (TPSA) is 120 Å². The molecule has 0 saturated carbocycles. The van der Waals surface area contributed by atoms with E-state index in [0.717, 1.165) is 6.07 Å². The number of benzene rings is 2. The average molecular weight is 373 g/mol. The Morgan fingerprint density at radius 1 is 1.15 bits per heavy atom. The minimum Gasteiger partial charge on any atom is -0.495 e. The molecule has 0 aliphatic rings. The van der Waals surface area contributed by atoms with E-state index >= 15 is 0 Å². The normalized spacial score (nSPS) is 11.2. The summed E-state index contributed by atoms with van der Waals surface area (Å²) in [7, 11) is 3.00. The van der Waals surface area contributed by atoms with Gasteiger partial charge in [-0.25, -0.2) is 4.79 Å². The van der Waals surface area contributed by atoms with Gasteiger partial charge in [-0.3, -0.25) is 14.9 Å². The Morgan fingerprint density at radius 3 is 2.48 bits per heavy atom. The summed E-state index contributed by atoms with van der Waals surface area (Å²) in [6, 6.07) is 10.7. The fraction of sp³-hybridized carbons (Fsp3) is 0.222. The molecule has 0 saturated heterocycles. The van der Waals surface area contributed by atoms with Crippen LogP contribution >= 0.6 is 0 Å². The third-order valence-corrected chi connectivity index (χ3v) is 3.72. The molecule has 2 aromatic carbocycles. The zero-order chi connectivity index (χ0) is 20.0. The van der Waals surface area contributed by atoms with Gasteiger partial charge in [-0.2, -0.15) is 0 Å². The first-order valence-electron chi connectivity index (χ1n) is 7.98. The maximum atomic E-state index is 12.3. The van der Waals surface area contributed by atoms with Gasteiger partial charge in [0.25, 0.3) is 11.6 Å². The van der Waals surface area contributed by atoms with Crippen molar-refractivity contribution in [1.29, 1.82) is 0 Å². The molecule has 0 heterocycles. The lowest BCUT2D eigenvalue weighted by Gasteiger charge is -2.15. The van der Waals surface area contributed by atoms with E-state index in [2.05, 4.69) is 10.6 Å². The number of rotatable bonds is 7. The van der Waals surface area contributed by atoms with Gasteiger partial charge in [0, 0.05) is 13.1 Å². The van der Waals surface area contributed by atoms with Gasteiger partial charge in [-0.1, -0.05) is 12.1 Å². The summed E-state index contributed by atoms with van der Waals surface area (Å²) in [4.78, 5) is 35.0. The molecule has 9 heteroatoms. The summed E-state index contributed by atoms with van der Waals surface area (Å²) in [6.45, 7) is 1.40. The van der Waals surface area contributed by atoms with Crippen molar-refractivity contribution >= 4 is 28.9 Å². The number of carbonyl (C=O) groups excluding carboxylic acids is 2. The quantitative estimate of drug-likeness (QED) is 0.435. The van der Waals surface area contributed by atoms with Crippen LogP contribution in [0.3, 0.4) is 0 Å². The minimum absolute atomic E-state index is 0.0300. The summed E-state index contributed by atoms with van der Waals surface area (Å²) in [5.41, 5.74) is 0.399. The molecule has 1 atom stereocenters. The molecule has 1 amide bonds. The lowest BCUT2D eigenvalue weighted by molar-refractivity contribution is -0.384. The molecule has 2 N–H and O–H groups in total. The van der Waals surface area contributed by atoms with Crippen LogP contribution in [0, 0.1) is 10.1 Å². The van der Waals surface area contributed by atoms with Crippen LogP contribution in [-0.4, -0.2) is 37.1 Å². The predicted molar refractivity (Wildman–Crippen MR) is 99.1 cm³/mol. The monoisotopic (exact) mass is 373 g/mol. The van der Waals surface area contributed by atoms with Crippen molar-refractivity contribution in [2.45, 2.75) is 13.0 Å². The number of para-hydroxylation sites is 2. The van der Waals surface area contributed by atoms with Gasteiger partial charge in [0.1, 0.15) is 11.4 Å². The number of esters is 1. The largest absolute Gasteiger partial charge is 0.495 e. The van der Waals surface area contributed by atoms with Crippen molar-refractivity contribution in [2.24, 2.45) is 0 Å². The first-order chi connectivity index (χ1) is 12.9. The Kier molecular flexibility index (Phi) is 6.32. The maximum Gasteiger partial charge on any atom is 0.339 e. The Morgan fingerprint density at radius 2 is 1.85 bits per heavy atom. The molecule has 0 radical (unpaired) electrons. The Balaban J connectivity index is 2.09. The number of nitro benzene ring substituents is 1. The Bertz CT molecular complexity index is 868. The second-order valence-corrected chi connectivity index (χ2v) is 5.48. The summed E-state index contributed by atoms with van der Waals surface area (Å²) in [6.07, 6.45) is -1.12. The number of nitrogens with zero attached hydrogens (tertiary/aromatic N) is 1. The van der Waals surface area contributed by atoms with Crippen LogP contribution in [0.1, 0.15) is 17.3 Å². The van der Waals surface area contributed by atoms with Crippen LogP contribution in [0.15, 0.2) is 42.5 Å². The van der Waals surface area contributed by atoms with Crippen molar-refractivity contribution in [2.75, 3.05) is 24.8 Å². The number of methoxy groups -OCH3 is 1. The van der Waals surface area contributed by atoms with Gasteiger partial charge in [0.05, 0.1) is 23.3 Å². The molecule has 142 valence electrons. The molecule has 0 bridgehead atoms. The molecule has 2 rings (SSSR count). The van der Waals surface area contributed by atoms with E-state index in [9.17, 15) is 19.7 Å². The lowest BCUT2D eigenvalue weighted by atomic mass is 10.1. The molecular formula is C18H19N3O6. The van der Waals surface area contributed by atoms with Crippen LogP contribution in [0.5, 0.6) is 5.75 Å². The van der Waals surface area contributed by atoms with E-state index in [-0.39, 0.29) is 16.9 Å². The molecular weight excluding hydrogens is 354 g/mol. The molecule has 2 aromatic rings. The van der Waals surface area contributed by atoms with Crippen molar-refractivity contribution in [1.82, 2.24) is 0 Å². The first-order valence-corrected chi connectivity index (χ1v) is 7.98. The molecule has 27 heavy (non-hydrogen) atoms. The molecule has 0 fully saturated rings. The van der Waals surface area contributed by atoms with Crippen molar-refractivity contribution < 1.29 is 24.0 Å². The number of nitrogens with one attached hydrogen (secondary N) is 2. The van der Waals surface area contributed by atoms with Crippen molar-refractivity contribution in [3.63, 3.8) is 0 Å². The van der Waals surface area contributed by atoms with E-state index in [0.29, 0.717) is 11.4 Å². The number of anilines is 2. The Hall–Kier alpha value is -3.62. The van der Waals surface area contributed by atoms with Crippen LogP contribution < -0.4 is 15.4 Å². The lowest BCUT2D eigenvalue weighted by Crippen LogP contribution is -2.30. The van der Waals surface area contributed by atoms with E-state index in [1.807, 2.05) is 0 Å². The molecule has 9 nitrogen and oxygen atoms in total. The van der Waals surface area contributed by atoms with E-state index < -0.39 is 22.9 Å². The number of hydrogen-bond donors (Lipinski definition) is 2. The van der Waals surface area contributed by atoms with Gasteiger partial charge in [0.2, 0.25) is 0 Å². The second kappa shape index (κ2) is 8.65. The average Bonchev–Trinajstić information content (AvgIpc) is 2.67. The van der Waals surface area contributed by atoms with Crippen molar-refractivity contribution in [3.05, 3.63) is 58.1 Å². The molecule has 0 spiro atoms. The highest BCUT2D eigenvalue weighted by Crippen LogP contribution is 2.26. The molecule has 0 aliphatic heterocycles. The third kappa shape index (κ3) is 4.72. The van der Waals surface area contributed by atoms with Crippen LogP contribution in [0.4, 0.5) is 17.1 Å². The third-order valence-electron chi connectivity index (χ3n) is 3.72. The van der Waals surface area contributed by atoms with Gasteiger partial charge in [-0.15, -0.1) is 0 Å². The minimum atomic E-state index is -1.12. The standard InChI is InChI=1S/C18H19N3O6/c1-11(17(22)20-14-6-4-5-7-16(14)26-3)27-18(23)12-8-9-13(19-2)15(10-12)21(24)25/h4-11,19H,1-3H3,(H,20,22)/t11-/m1/s1. The molecule has 0 unspecified atom stereocenters. The van der Waals surface area contributed by atoms with Crippen LogP contribution in [-0.2, 0) is 9.53 Å². The highest BCUT2D eigenvalue weighted by atomic mass is 16.6. The number of nitro groups is 1.